The molecule has 2 heterocycles. The monoisotopic (exact) mass is 313 g/mol. The smallest absolute Gasteiger partial charge is 0.262 e. The number of pyridine rings is 1. The highest BCUT2D eigenvalue weighted by atomic mass is 32.1. The molecule has 0 fully saturated rings. The van der Waals surface area contributed by atoms with Crippen LogP contribution in [0.3, 0.4) is 0 Å². The van der Waals surface area contributed by atoms with E-state index in [-0.39, 0.29) is 11.4 Å². The highest BCUT2D eigenvalue weighted by Gasteiger charge is 2.14. The average Bonchev–Trinajstić information content (AvgIpc) is 2.54. The molecule has 0 aliphatic rings. The van der Waals surface area contributed by atoms with Gasteiger partial charge in [-0.1, -0.05) is 12.1 Å². The minimum atomic E-state index is -0.352. The molecule has 2 aromatic heterocycles. The number of H-pyrrole nitrogens is 1. The number of aromatic amines is 1. The Morgan fingerprint density at radius 3 is 2.36 bits per heavy atom. The number of hydrogen-bond donors (Lipinski definition) is 1. The number of benzene rings is 1. The van der Waals surface area contributed by atoms with Crippen LogP contribution in [0.5, 0.6) is 0 Å². The lowest BCUT2D eigenvalue weighted by Crippen LogP contribution is -2.21. The number of nitrogens with one attached hydrogen (secondary N) is 1. The van der Waals surface area contributed by atoms with Crippen LogP contribution in [0.2, 0.25) is 0 Å². The van der Waals surface area contributed by atoms with Crippen LogP contribution in [0, 0.1) is 10.6 Å². The van der Waals surface area contributed by atoms with Crippen molar-refractivity contribution in [2.24, 2.45) is 7.05 Å². The summed E-state index contributed by atoms with van der Waals surface area (Å²) in [5.74, 6) is -0.352. The molecule has 0 unspecified atom stereocenters. The topological polar surface area (TPSA) is 50.7 Å². The molecule has 1 N–H and O–H groups in total. The van der Waals surface area contributed by atoms with Crippen molar-refractivity contribution in [1.82, 2.24) is 14.5 Å². The van der Waals surface area contributed by atoms with E-state index < -0.39 is 0 Å². The minimum absolute atomic E-state index is 0.234. The molecule has 3 rings (SSSR count). The fourth-order valence-corrected chi connectivity index (χ4v) is 2.42. The minimum Gasteiger partial charge on any atom is -0.331 e. The first-order chi connectivity index (χ1) is 10.6. The van der Waals surface area contributed by atoms with Crippen molar-refractivity contribution < 1.29 is 4.39 Å². The standard InChI is InChI=1S/C16H12FN3OS/c1-20-15(21)13(10-2-4-12(17)5-3-10)14(19-16(20)22)11-6-8-18-9-7-11/h2-9H,1H3,(H,19,22). The van der Waals surface area contributed by atoms with Crippen LogP contribution in [0.15, 0.2) is 53.6 Å². The van der Waals surface area contributed by atoms with Gasteiger partial charge in [0.15, 0.2) is 4.77 Å². The Morgan fingerprint density at radius 2 is 1.73 bits per heavy atom. The molecule has 0 saturated heterocycles. The second-order valence-electron chi connectivity index (χ2n) is 4.79. The summed E-state index contributed by atoms with van der Waals surface area (Å²) in [7, 11) is 1.60. The van der Waals surface area contributed by atoms with Crippen molar-refractivity contribution in [1.29, 1.82) is 0 Å². The van der Waals surface area contributed by atoms with Crippen LogP contribution in [0.1, 0.15) is 0 Å². The molecule has 3 aromatic rings. The molecule has 22 heavy (non-hydrogen) atoms. The largest absolute Gasteiger partial charge is 0.331 e. The molecule has 6 heteroatoms. The third-order valence-corrected chi connectivity index (χ3v) is 3.78. The second-order valence-corrected chi connectivity index (χ2v) is 5.17. The fraction of sp³-hybridized carbons (Fsp3) is 0.0625. The third-order valence-electron chi connectivity index (χ3n) is 3.41. The van der Waals surface area contributed by atoms with Crippen molar-refractivity contribution in [3.05, 3.63) is 69.7 Å². The van der Waals surface area contributed by atoms with Gasteiger partial charge in [-0.25, -0.2) is 4.39 Å². The van der Waals surface area contributed by atoms with Crippen LogP contribution in [-0.2, 0) is 7.05 Å². The summed E-state index contributed by atoms with van der Waals surface area (Å²) in [5, 5.41) is 0. The van der Waals surface area contributed by atoms with Gasteiger partial charge in [-0.3, -0.25) is 14.3 Å². The Balaban J connectivity index is 2.37. The predicted octanol–water partition coefficient (Wildman–Crippen LogP) is 3.31. The maximum Gasteiger partial charge on any atom is 0.262 e. The Labute approximate surface area is 130 Å². The Morgan fingerprint density at radius 1 is 1.09 bits per heavy atom. The Hall–Kier alpha value is -2.60. The maximum absolute atomic E-state index is 13.2. The Kier molecular flexibility index (Phi) is 3.68. The van der Waals surface area contributed by atoms with Crippen molar-refractivity contribution in [3.8, 4) is 22.4 Å². The molecule has 0 radical (unpaired) electrons. The summed E-state index contributed by atoms with van der Waals surface area (Å²) in [5.41, 5.74) is 2.23. The van der Waals surface area contributed by atoms with Gasteiger partial charge in [-0.2, -0.15) is 0 Å². The van der Waals surface area contributed by atoms with Gasteiger partial charge in [-0.05, 0) is 42.0 Å². The summed E-state index contributed by atoms with van der Waals surface area (Å²) < 4.78 is 14.8. The van der Waals surface area contributed by atoms with Gasteiger partial charge in [0.2, 0.25) is 0 Å². The fourth-order valence-electron chi connectivity index (χ4n) is 2.24. The summed E-state index contributed by atoms with van der Waals surface area (Å²) in [4.78, 5) is 19.7. The van der Waals surface area contributed by atoms with E-state index >= 15 is 0 Å². The van der Waals surface area contributed by atoms with Crippen molar-refractivity contribution in [3.63, 3.8) is 0 Å². The molecule has 110 valence electrons. The van der Waals surface area contributed by atoms with E-state index in [1.165, 1.54) is 16.7 Å². The number of hydrogen-bond acceptors (Lipinski definition) is 3. The molecule has 0 bridgehead atoms. The van der Waals surface area contributed by atoms with Gasteiger partial charge in [0.05, 0.1) is 11.3 Å². The molecule has 0 spiro atoms. The molecule has 0 aliphatic carbocycles. The molecule has 4 nitrogen and oxygen atoms in total. The average molecular weight is 313 g/mol. The van der Waals surface area contributed by atoms with E-state index in [9.17, 15) is 9.18 Å². The highest BCUT2D eigenvalue weighted by molar-refractivity contribution is 7.71. The van der Waals surface area contributed by atoms with Crippen LogP contribution in [-0.4, -0.2) is 14.5 Å². The van der Waals surface area contributed by atoms with Gasteiger partial charge >= 0.3 is 0 Å². The van der Waals surface area contributed by atoms with E-state index in [2.05, 4.69) is 9.97 Å². The SMILES string of the molecule is Cn1c(=S)[nH]c(-c2ccncc2)c(-c2ccc(F)cc2)c1=O. The normalized spacial score (nSPS) is 10.6. The first-order valence-electron chi connectivity index (χ1n) is 6.57. The lowest BCUT2D eigenvalue weighted by atomic mass is 10.0. The van der Waals surface area contributed by atoms with Crippen LogP contribution in [0.25, 0.3) is 22.4 Å². The molecule has 1 aromatic carbocycles. The molecular formula is C16H12FN3OS. The molecule has 0 amide bonds. The first kappa shape index (κ1) is 14.3. The van der Waals surface area contributed by atoms with Gasteiger partial charge in [0.25, 0.3) is 5.56 Å². The van der Waals surface area contributed by atoms with Crippen molar-refractivity contribution in [2.75, 3.05) is 0 Å². The quantitative estimate of drug-likeness (QED) is 0.739. The number of aromatic nitrogens is 3. The lowest BCUT2D eigenvalue weighted by molar-refractivity contribution is 0.628. The molecular weight excluding hydrogens is 301 g/mol. The van der Waals surface area contributed by atoms with E-state index in [4.69, 9.17) is 12.2 Å². The van der Waals surface area contributed by atoms with E-state index in [1.54, 1.807) is 43.7 Å². The van der Waals surface area contributed by atoms with Gasteiger partial charge in [0.1, 0.15) is 5.82 Å². The molecule has 0 atom stereocenters. The Bertz CT molecular complexity index is 930. The predicted molar refractivity (Wildman–Crippen MR) is 85.5 cm³/mol. The molecule has 0 aliphatic heterocycles. The maximum atomic E-state index is 13.2. The van der Waals surface area contributed by atoms with Crippen molar-refractivity contribution >= 4 is 12.2 Å². The second kappa shape index (κ2) is 5.65. The van der Waals surface area contributed by atoms with Crippen LogP contribution < -0.4 is 5.56 Å². The molecule has 0 saturated carbocycles. The summed E-state index contributed by atoms with van der Waals surface area (Å²) in [6.45, 7) is 0. The first-order valence-corrected chi connectivity index (χ1v) is 6.98. The van der Waals surface area contributed by atoms with Gasteiger partial charge < -0.3 is 4.98 Å². The number of halogens is 1. The number of nitrogens with zero attached hydrogens (tertiary/aromatic N) is 2. The summed E-state index contributed by atoms with van der Waals surface area (Å²) >= 11 is 5.19. The zero-order chi connectivity index (χ0) is 15.7. The lowest BCUT2D eigenvalue weighted by Gasteiger charge is -2.11. The van der Waals surface area contributed by atoms with Crippen molar-refractivity contribution in [2.45, 2.75) is 0 Å². The van der Waals surface area contributed by atoms with E-state index in [0.29, 0.717) is 21.6 Å². The van der Waals surface area contributed by atoms with Gasteiger partial charge in [0, 0.05) is 25.0 Å². The number of rotatable bonds is 2. The third kappa shape index (κ3) is 2.48. The van der Waals surface area contributed by atoms with Crippen LogP contribution in [0.4, 0.5) is 4.39 Å². The van der Waals surface area contributed by atoms with E-state index in [0.717, 1.165) is 5.56 Å². The highest BCUT2D eigenvalue weighted by Crippen LogP contribution is 2.27. The van der Waals surface area contributed by atoms with Gasteiger partial charge in [-0.15, -0.1) is 0 Å². The summed E-state index contributed by atoms with van der Waals surface area (Å²) in [6.07, 6.45) is 3.27. The zero-order valence-electron chi connectivity index (χ0n) is 11.7. The van der Waals surface area contributed by atoms with E-state index in [1.807, 2.05) is 0 Å². The summed E-state index contributed by atoms with van der Waals surface area (Å²) in [6, 6.07) is 9.38. The van der Waals surface area contributed by atoms with Crippen LogP contribution >= 0.6 is 12.2 Å². The zero-order valence-corrected chi connectivity index (χ0v) is 12.5.